The summed E-state index contributed by atoms with van der Waals surface area (Å²) < 4.78 is 1.92. The molecule has 20 heavy (non-hydrogen) atoms. The predicted octanol–water partition coefficient (Wildman–Crippen LogP) is 2.06. The van der Waals surface area contributed by atoms with Crippen molar-refractivity contribution < 1.29 is 9.90 Å². The number of carboxylic acid groups (broad SMARTS) is 1. The second kappa shape index (κ2) is 5.95. The normalized spacial score (nSPS) is 23.4. The van der Waals surface area contributed by atoms with Crippen LogP contribution in [0, 0.1) is 5.41 Å². The molecule has 112 valence electrons. The van der Waals surface area contributed by atoms with Crippen molar-refractivity contribution in [1.82, 2.24) is 14.7 Å². The highest BCUT2D eigenvalue weighted by Crippen LogP contribution is 2.36. The molecule has 5 nitrogen and oxygen atoms in total. The van der Waals surface area contributed by atoms with Gasteiger partial charge in [0.2, 0.25) is 0 Å². The molecule has 1 aromatic heterocycles. The maximum Gasteiger partial charge on any atom is 0.310 e. The van der Waals surface area contributed by atoms with E-state index in [2.05, 4.69) is 29.9 Å². The van der Waals surface area contributed by atoms with Crippen molar-refractivity contribution in [2.45, 2.75) is 46.1 Å². The largest absolute Gasteiger partial charge is 0.481 e. The van der Waals surface area contributed by atoms with E-state index in [0.29, 0.717) is 6.54 Å². The number of likely N-dealkylation sites (tertiary alicyclic amines) is 1. The fraction of sp³-hybridized carbons (Fsp3) is 0.733. The van der Waals surface area contributed by atoms with E-state index in [1.54, 1.807) is 0 Å². The van der Waals surface area contributed by atoms with Gasteiger partial charge in [0.05, 0.1) is 16.8 Å². The first-order valence-corrected chi connectivity index (χ1v) is 7.48. The van der Waals surface area contributed by atoms with E-state index in [1.165, 1.54) is 5.69 Å². The molecule has 1 fully saturated rings. The van der Waals surface area contributed by atoms with Gasteiger partial charge in [0.25, 0.3) is 0 Å². The Bertz CT molecular complexity index is 483. The molecule has 0 amide bonds. The molecule has 0 spiro atoms. The second-order valence-corrected chi connectivity index (χ2v) is 5.90. The molecule has 5 heteroatoms. The number of aryl methyl sites for hydroxylation is 2. The fourth-order valence-electron chi connectivity index (χ4n) is 3.18. The Balaban J connectivity index is 2.05. The number of carboxylic acids is 1. The third-order valence-corrected chi connectivity index (χ3v) is 4.39. The van der Waals surface area contributed by atoms with Crippen LogP contribution in [0.15, 0.2) is 6.07 Å². The molecule has 1 saturated heterocycles. The van der Waals surface area contributed by atoms with Crippen molar-refractivity contribution in [3.05, 3.63) is 17.5 Å². The molecule has 1 aliphatic rings. The van der Waals surface area contributed by atoms with E-state index in [9.17, 15) is 9.90 Å². The Morgan fingerprint density at radius 1 is 1.50 bits per heavy atom. The maximum atomic E-state index is 11.6. The van der Waals surface area contributed by atoms with E-state index in [-0.39, 0.29) is 0 Å². The highest BCUT2D eigenvalue weighted by Gasteiger charge is 2.43. The van der Waals surface area contributed by atoms with Crippen LogP contribution in [0.3, 0.4) is 0 Å². The minimum atomic E-state index is -0.638. The average molecular weight is 279 g/mol. The minimum absolute atomic E-state index is 0.541. The molecule has 0 bridgehead atoms. The van der Waals surface area contributed by atoms with E-state index in [4.69, 9.17) is 0 Å². The summed E-state index contributed by atoms with van der Waals surface area (Å²) >= 11 is 0. The van der Waals surface area contributed by atoms with Gasteiger partial charge in [-0.15, -0.1) is 0 Å². The molecule has 1 aliphatic heterocycles. The molecule has 1 N–H and O–H groups in total. The summed E-state index contributed by atoms with van der Waals surface area (Å²) in [5.41, 5.74) is 1.72. The summed E-state index contributed by atoms with van der Waals surface area (Å²) in [6.07, 6.45) is 3.38. The number of rotatable bonds is 6. The predicted molar refractivity (Wildman–Crippen MR) is 77.5 cm³/mol. The van der Waals surface area contributed by atoms with Gasteiger partial charge in [0.1, 0.15) is 0 Å². The third-order valence-electron chi connectivity index (χ3n) is 4.39. The van der Waals surface area contributed by atoms with Crippen molar-refractivity contribution >= 4 is 5.97 Å². The Labute approximate surface area is 120 Å². The zero-order valence-corrected chi connectivity index (χ0v) is 12.7. The van der Waals surface area contributed by atoms with Crippen molar-refractivity contribution in [1.29, 1.82) is 0 Å². The average Bonchev–Trinajstić information content (AvgIpc) is 2.96. The van der Waals surface area contributed by atoms with Gasteiger partial charge in [-0.1, -0.05) is 20.3 Å². The van der Waals surface area contributed by atoms with E-state index in [1.807, 2.05) is 11.7 Å². The van der Waals surface area contributed by atoms with Gasteiger partial charge < -0.3 is 5.11 Å². The van der Waals surface area contributed by atoms with Crippen LogP contribution in [-0.4, -0.2) is 38.8 Å². The number of hydrogen-bond acceptors (Lipinski definition) is 3. The quantitative estimate of drug-likeness (QED) is 0.866. The third kappa shape index (κ3) is 2.87. The summed E-state index contributed by atoms with van der Waals surface area (Å²) in [6, 6.07) is 2.13. The molecule has 0 saturated carbocycles. The molecule has 0 radical (unpaired) electrons. The molecular weight excluding hydrogens is 254 g/mol. The first-order chi connectivity index (χ1) is 9.50. The van der Waals surface area contributed by atoms with Crippen LogP contribution in [-0.2, 0) is 24.8 Å². The van der Waals surface area contributed by atoms with Gasteiger partial charge in [-0.05, 0) is 31.9 Å². The van der Waals surface area contributed by atoms with E-state index >= 15 is 0 Å². The van der Waals surface area contributed by atoms with Crippen LogP contribution < -0.4 is 0 Å². The standard InChI is InChI=1S/C15H25N3O2/c1-4-6-15(14(19)20)7-8-18(11-15)10-13-9-12(5-2)16-17(13)3/h9H,4-8,10-11H2,1-3H3,(H,19,20). The fourth-order valence-corrected chi connectivity index (χ4v) is 3.18. The lowest BCUT2D eigenvalue weighted by Gasteiger charge is -2.24. The summed E-state index contributed by atoms with van der Waals surface area (Å²) in [6.45, 7) is 6.46. The second-order valence-electron chi connectivity index (χ2n) is 5.90. The van der Waals surface area contributed by atoms with Crippen LogP contribution in [0.4, 0.5) is 0 Å². The van der Waals surface area contributed by atoms with Gasteiger partial charge >= 0.3 is 5.97 Å². The molecule has 2 heterocycles. The van der Waals surface area contributed by atoms with E-state index < -0.39 is 11.4 Å². The van der Waals surface area contributed by atoms with Gasteiger partial charge in [-0.2, -0.15) is 5.10 Å². The Morgan fingerprint density at radius 2 is 2.25 bits per heavy atom. The lowest BCUT2D eigenvalue weighted by Crippen LogP contribution is -2.34. The molecule has 0 aromatic carbocycles. The van der Waals surface area contributed by atoms with Crippen molar-refractivity contribution in [3.8, 4) is 0 Å². The highest BCUT2D eigenvalue weighted by molar-refractivity contribution is 5.75. The molecule has 2 rings (SSSR count). The highest BCUT2D eigenvalue weighted by atomic mass is 16.4. The first kappa shape index (κ1) is 15.0. The van der Waals surface area contributed by atoms with E-state index in [0.717, 1.165) is 44.5 Å². The van der Waals surface area contributed by atoms with Crippen molar-refractivity contribution in [3.63, 3.8) is 0 Å². The van der Waals surface area contributed by atoms with Crippen LogP contribution >= 0.6 is 0 Å². The zero-order valence-electron chi connectivity index (χ0n) is 12.7. The summed E-state index contributed by atoms with van der Waals surface area (Å²) in [5, 5.41) is 14.0. The molecular formula is C15H25N3O2. The monoisotopic (exact) mass is 279 g/mol. The molecule has 0 aliphatic carbocycles. The van der Waals surface area contributed by atoms with Gasteiger partial charge in [0.15, 0.2) is 0 Å². The van der Waals surface area contributed by atoms with Crippen LogP contribution in [0.25, 0.3) is 0 Å². The number of carbonyl (C=O) groups is 1. The SMILES string of the molecule is CCCC1(C(=O)O)CCN(Cc2cc(CC)nn2C)C1. The summed E-state index contributed by atoms with van der Waals surface area (Å²) in [7, 11) is 1.96. The van der Waals surface area contributed by atoms with Crippen LogP contribution in [0.1, 0.15) is 44.5 Å². The zero-order chi connectivity index (χ0) is 14.8. The summed E-state index contributed by atoms with van der Waals surface area (Å²) in [5.74, 6) is -0.638. The smallest absolute Gasteiger partial charge is 0.310 e. The number of aliphatic carboxylic acids is 1. The molecule has 1 unspecified atom stereocenters. The lowest BCUT2D eigenvalue weighted by molar-refractivity contribution is -0.148. The Kier molecular flexibility index (Phi) is 4.48. The van der Waals surface area contributed by atoms with Gasteiger partial charge in [0, 0.05) is 20.1 Å². The van der Waals surface area contributed by atoms with Crippen LogP contribution in [0.2, 0.25) is 0 Å². The van der Waals surface area contributed by atoms with Crippen molar-refractivity contribution in [2.75, 3.05) is 13.1 Å². The lowest BCUT2D eigenvalue weighted by atomic mass is 9.83. The van der Waals surface area contributed by atoms with Crippen LogP contribution in [0.5, 0.6) is 0 Å². The maximum absolute atomic E-state index is 11.6. The van der Waals surface area contributed by atoms with Gasteiger partial charge in [-0.3, -0.25) is 14.4 Å². The Morgan fingerprint density at radius 3 is 2.80 bits per heavy atom. The number of nitrogens with zero attached hydrogens (tertiary/aromatic N) is 3. The number of aromatic nitrogens is 2. The molecule has 1 atom stereocenters. The summed E-state index contributed by atoms with van der Waals surface area (Å²) in [4.78, 5) is 13.8. The first-order valence-electron chi connectivity index (χ1n) is 7.48. The van der Waals surface area contributed by atoms with Gasteiger partial charge in [-0.25, -0.2) is 0 Å². The number of hydrogen-bond donors (Lipinski definition) is 1. The van der Waals surface area contributed by atoms with Crippen molar-refractivity contribution in [2.24, 2.45) is 12.5 Å². The molecule has 1 aromatic rings. The topological polar surface area (TPSA) is 58.4 Å². The minimum Gasteiger partial charge on any atom is -0.481 e. The Hall–Kier alpha value is -1.36.